The van der Waals surface area contributed by atoms with Crippen LogP contribution >= 0.6 is 0 Å². The topological polar surface area (TPSA) is 63.4 Å². The van der Waals surface area contributed by atoms with E-state index in [0.717, 1.165) is 19.3 Å². The zero-order valence-electron chi connectivity index (χ0n) is 7.65. The molecule has 0 spiro atoms. The molecule has 1 unspecified atom stereocenters. The summed E-state index contributed by atoms with van der Waals surface area (Å²) >= 11 is 0. The van der Waals surface area contributed by atoms with Gasteiger partial charge >= 0.3 is 0 Å². The SMILES string of the molecule is NCC(C1CC1)N1CCCS1(=O)=O. The lowest BCUT2D eigenvalue weighted by atomic mass is 10.2. The quantitative estimate of drug-likeness (QED) is 0.690. The number of nitrogens with two attached hydrogens (primary N) is 1. The van der Waals surface area contributed by atoms with E-state index in [-0.39, 0.29) is 6.04 Å². The molecule has 1 atom stereocenters. The maximum Gasteiger partial charge on any atom is 0.214 e. The van der Waals surface area contributed by atoms with E-state index in [9.17, 15) is 8.42 Å². The normalized spacial score (nSPS) is 30.5. The molecule has 0 bridgehead atoms. The molecule has 1 saturated carbocycles. The Morgan fingerprint density at radius 2 is 2.15 bits per heavy atom. The average Bonchev–Trinajstić information content (AvgIpc) is 2.81. The molecule has 1 aliphatic heterocycles. The third kappa shape index (κ3) is 1.73. The number of hydrogen-bond donors (Lipinski definition) is 1. The molecule has 2 aliphatic rings. The van der Waals surface area contributed by atoms with Crippen LogP contribution in [0.3, 0.4) is 0 Å². The maximum atomic E-state index is 11.6. The van der Waals surface area contributed by atoms with Crippen molar-refractivity contribution in [2.45, 2.75) is 25.3 Å². The van der Waals surface area contributed by atoms with Gasteiger partial charge < -0.3 is 5.73 Å². The highest BCUT2D eigenvalue weighted by Gasteiger charge is 2.41. The lowest BCUT2D eigenvalue weighted by Gasteiger charge is -2.24. The van der Waals surface area contributed by atoms with E-state index < -0.39 is 10.0 Å². The van der Waals surface area contributed by atoms with Crippen molar-refractivity contribution in [1.29, 1.82) is 0 Å². The number of nitrogens with zero attached hydrogens (tertiary/aromatic N) is 1. The number of rotatable bonds is 3. The second-order valence-electron chi connectivity index (χ2n) is 3.92. The highest BCUT2D eigenvalue weighted by molar-refractivity contribution is 7.89. The van der Waals surface area contributed by atoms with Gasteiger partial charge in [-0.3, -0.25) is 0 Å². The molecule has 76 valence electrons. The van der Waals surface area contributed by atoms with Gasteiger partial charge in [0.05, 0.1) is 5.75 Å². The van der Waals surface area contributed by atoms with Crippen LogP contribution in [0.15, 0.2) is 0 Å². The molecular weight excluding hydrogens is 188 g/mol. The van der Waals surface area contributed by atoms with Crippen LogP contribution in [0.25, 0.3) is 0 Å². The molecule has 0 aromatic carbocycles. The van der Waals surface area contributed by atoms with Gasteiger partial charge in [0.1, 0.15) is 0 Å². The molecule has 2 rings (SSSR count). The van der Waals surface area contributed by atoms with Crippen LogP contribution < -0.4 is 5.73 Å². The Morgan fingerprint density at radius 1 is 1.46 bits per heavy atom. The van der Waals surface area contributed by atoms with Gasteiger partial charge in [-0.05, 0) is 25.2 Å². The van der Waals surface area contributed by atoms with Gasteiger partial charge in [-0.25, -0.2) is 8.42 Å². The summed E-state index contributed by atoms with van der Waals surface area (Å²) < 4.78 is 24.8. The summed E-state index contributed by atoms with van der Waals surface area (Å²) in [6.45, 7) is 1.16. The zero-order chi connectivity index (χ0) is 9.47. The minimum absolute atomic E-state index is 0.0903. The molecule has 2 fully saturated rings. The Bertz CT molecular complexity index is 285. The van der Waals surface area contributed by atoms with Crippen molar-refractivity contribution >= 4 is 10.0 Å². The smallest absolute Gasteiger partial charge is 0.214 e. The highest BCUT2D eigenvalue weighted by atomic mass is 32.2. The van der Waals surface area contributed by atoms with E-state index in [4.69, 9.17) is 5.73 Å². The molecule has 0 aromatic rings. The summed E-state index contributed by atoms with van der Waals surface area (Å²) in [5, 5.41) is 0. The van der Waals surface area contributed by atoms with E-state index in [1.54, 1.807) is 4.31 Å². The second-order valence-corrected chi connectivity index (χ2v) is 5.96. The molecular formula is C8H16N2O2S. The van der Waals surface area contributed by atoms with Crippen LogP contribution in [0.5, 0.6) is 0 Å². The Hall–Kier alpha value is -0.130. The zero-order valence-corrected chi connectivity index (χ0v) is 8.46. The van der Waals surface area contributed by atoms with Gasteiger partial charge in [-0.1, -0.05) is 0 Å². The summed E-state index contributed by atoms with van der Waals surface area (Å²) in [5.41, 5.74) is 5.61. The van der Waals surface area contributed by atoms with Crippen molar-refractivity contribution in [2.24, 2.45) is 11.7 Å². The Labute approximate surface area is 79.1 Å². The first-order chi connectivity index (χ1) is 6.15. The second kappa shape index (κ2) is 3.22. The third-order valence-corrected chi connectivity index (χ3v) is 4.89. The average molecular weight is 204 g/mol. The molecule has 4 nitrogen and oxygen atoms in total. The van der Waals surface area contributed by atoms with Gasteiger partial charge in [-0.15, -0.1) is 0 Å². The first-order valence-corrected chi connectivity index (χ1v) is 6.45. The molecule has 2 N–H and O–H groups in total. The van der Waals surface area contributed by atoms with E-state index in [0.29, 0.717) is 24.8 Å². The van der Waals surface area contributed by atoms with Crippen LogP contribution in [0.1, 0.15) is 19.3 Å². The van der Waals surface area contributed by atoms with Gasteiger partial charge in [0, 0.05) is 19.1 Å². The first-order valence-electron chi connectivity index (χ1n) is 4.85. The van der Waals surface area contributed by atoms with Crippen LogP contribution in [0.2, 0.25) is 0 Å². The van der Waals surface area contributed by atoms with Crippen molar-refractivity contribution < 1.29 is 8.42 Å². The number of sulfonamides is 1. The van der Waals surface area contributed by atoms with Gasteiger partial charge in [-0.2, -0.15) is 4.31 Å². The standard InChI is InChI=1S/C8H16N2O2S/c9-6-8(7-2-3-7)10-4-1-5-13(10,11)12/h7-8H,1-6,9H2. The molecule has 1 aliphatic carbocycles. The Kier molecular flexibility index (Phi) is 2.33. The molecule has 0 radical (unpaired) electrons. The predicted molar refractivity (Wildman–Crippen MR) is 50.7 cm³/mol. The van der Waals surface area contributed by atoms with Crippen molar-refractivity contribution in [3.63, 3.8) is 0 Å². The largest absolute Gasteiger partial charge is 0.329 e. The Balaban J connectivity index is 2.13. The summed E-state index contributed by atoms with van der Waals surface area (Å²) in [6.07, 6.45) is 3.06. The summed E-state index contributed by atoms with van der Waals surface area (Å²) in [5.74, 6) is 0.855. The summed E-state index contributed by atoms with van der Waals surface area (Å²) in [4.78, 5) is 0. The summed E-state index contributed by atoms with van der Waals surface area (Å²) in [7, 11) is -2.95. The van der Waals surface area contributed by atoms with Crippen molar-refractivity contribution in [2.75, 3.05) is 18.8 Å². The minimum Gasteiger partial charge on any atom is -0.329 e. The van der Waals surface area contributed by atoms with Crippen molar-refractivity contribution in [3.8, 4) is 0 Å². The minimum atomic E-state index is -2.95. The van der Waals surface area contributed by atoms with E-state index in [1.165, 1.54) is 0 Å². The maximum absolute atomic E-state index is 11.6. The molecule has 5 heteroatoms. The van der Waals surface area contributed by atoms with Gasteiger partial charge in [0.15, 0.2) is 0 Å². The lowest BCUT2D eigenvalue weighted by molar-refractivity contribution is 0.316. The van der Waals surface area contributed by atoms with Crippen molar-refractivity contribution in [1.82, 2.24) is 4.31 Å². The van der Waals surface area contributed by atoms with Crippen molar-refractivity contribution in [3.05, 3.63) is 0 Å². The fourth-order valence-corrected chi connectivity index (χ4v) is 3.86. The Morgan fingerprint density at radius 3 is 2.54 bits per heavy atom. The fourth-order valence-electron chi connectivity index (χ4n) is 2.06. The molecule has 1 saturated heterocycles. The summed E-state index contributed by atoms with van der Waals surface area (Å²) in [6, 6.07) is 0.0903. The van der Waals surface area contributed by atoms with Gasteiger partial charge in [0.2, 0.25) is 10.0 Å². The van der Waals surface area contributed by atoms with E-state index >= 15 is 0 Å². The van der Waals surface area contributed by atoms with Gasteiger partial charge in [0.25, 0.3) is 0 Å². The van der Waals surface area contributed by atoms with Crippen LogP contribution in [-0.4, -0.2) is 37.6 Å². The van der Waals surface area contributed by atoms with Crippen LogP contribution in [0.4, 0.5) is 0 Å². The third-order valence-electron chi connectivity index (χ3n) is 2.92. The molecule has 0 amide bonds. The molecule has 1 heterocycles. The van der Waals surface area contributed by atoms with Crippen LogP contribution in [-0.2, 0) is 10.0 Å². The molecule has 13 heavy (non-hydrogen) atoms. The van der Waals surface area contributed by atoms with E-state index in [2.05, 4.69) is 0 Å². The van der Waals surface area contributed by atoms with E-state index in [1.807, 2.05) is 0 Å². The monoisotopic (exact) mass is 204 g/mol. The predicted octanol–water partition coefficient (Wildman–Crippen LogP) is -0.241. The lowest BCUT2D eigenvalue weighted by Crippen LogP contribution is -2.43. The number of hydrogen-bond acceptors (Lipinski definition) is 3. The fraction of sp³-hybridized carbons (Fsp3) is 1.00. The molecule has 0 aromatic heterocycles. The van der Waals surface area contributed by atoms with Crippen LogP contribution in [0, 0.1) is 5.92 Å². The highest BCUT2D eigenvalue weighted by Crippen LogP contribution is 2.37. The first kappa shape index (κ1) is 9.43.